The van der Waals surface area contributed by atoms with Gasteiger partial charge in [0.25, 0.3) is 0 Å². The molecule has 0 heterocycles. The van der Waals surface area contributed by atoms with Crippen LogP contribution in [0.1, 0.15) is 342 Å². The Labute approximate surface area is 478 Å². The van der Waals surface area contributed by atoms with E-state index in [1.54, 1.807) is 0 Å². The first-order chi connectivity index (χ1) is 38.0. The molecule has 0 radical (unpaired) electrons. The van der Waals surface area contributed by atoms with Crippen molar-refractivity contribution in [2.75, 3.05) is 13.2 Å². The standard InChI is InChI=1S/C71H126O6/c1-4-7-10-13-16-19-22-25-27-29-31-32-33-34-35-36-37-38-39-40-41-43-44-46-49-52-55-58-61-64-70(73)76-67-68(66-75-69(72)63-60-57-54-51-48-24-21-18-15-12-9-6-3)77-71(74)65-62-59-56-53-50-47-45-42-30-28-26-23-20-17-14-11-8-5-2/h7,10,16,18-19,21,25,27-28,30-32,68H,4-6,8-9,11-15,17,20,22-24,26,29,33-67H2,1-3H3/b10-7-,19-16-,21-18-,27-25-,30-28-,32-31-. The first-order valence-corrected chi connectivity index (χ1v) is 33.4. The van der Waals surface area contributed by atoms with Gasteiger partial charge in [0.15, 0.2) is 6.10 Å². The van der Waals surface area contributed by atoms with Gasteiger partial charge < -0.3 is 14.2 Å². The number of esters is 3. The van der Waals surface area contributed by atoms with Gasteiger partial charge in [-0.25, -0.2) is 0 Å². The molecule has 0 fully saturated rings. The summed E-state index contributed by atoms with van der Waals surface area (Å²) in [6.07, 6.45) is 84.9. The number of ether oxygens (including phenoxy) is 3. The Hall–Kier alpha value is -3.15. The highest BCUT2D eigenvalue weighted by Gasteiger charge is 2.19. The van der Waals surface area contributed by atoms with Crippen molar-refractivity contribution >= 4 is 17.9 Å². The molecule has 1 atom stereocenters. The van der Waals surface area contributed by atoms with Gasteiger partial charge in [-0.1, -0.05) is 286 Å². The van der Waals surface area contributed by atoms with E-state index in [1.165, 1.54) is 212 Å². The molecular formula is C71H126O6. The quantitative estimate of drug-likeness (QED) is 0.0261. The second kappa shape index (κ2) is 65.4. The topological polar surface area (TPSA) is 78.9 Å². The lowest BCUT2D eigenvalue weighted by Gasteiger charge is -2.18. The van der Waals surface area contributed by atoms with Crippen molar-refractivity contribution < 1.29 is 28.6 Å². The van der Waals surface area contributed by atoms with Gasteiger partial charge in [-0.15, -0.1) is 0 Å². The Bertz CT molecular complexity index is 1420. The molecule has 0 saturated carbocycles. The Kier molecular flexibility index (Phi) is 62.7. The predicted octanol–water partition coefficient (Wildman–Crippen LogP) is 22.9. The van der Waals surface area contributed by atoms with Crippen molar-refractivity contribution in [1.29, 1.82) is 0 Å². The van der Waals surface area contributed by atoms with E-state index < -0.39 is 6.10 Å². The molecule has 0 aliphatic heterocycles. The van der Waals surface area contributed by atoms with Gasteiger partial charge in [0.1, 0.15) is 13.2 Å². The largest absolute Gasteiger partial charge is 0.462 e. The minimum atomic E-state index is -0.780. The zero-order valence-corrected chi connectivity index (χ0v) is 51.2. The molecule has 0 aliphatic rings. The van der Waals surface area contributed by atoms with E-state index in [2.05, 4.69) is 93.7 Å². The average molecular weight is 1080 g/mol. The summed E-state index contributed by atoms with van der Waals surface area (Å²) < 4.78 is 16.9. The predicted molar refractivity (Wildman–Crippen MR) is 335 cm³/mol. The van der Waals surface area contributed by atoms with Crippen LogP contribution in [0.25, 0.3) is 0 Å². The summed E-state index contributed by atoms with van der Waals surface area (Å²) in [7, 11) is 0. The van der Waals surface area contributed by atoms with Crippen LogP contribution >= 0.6 is 0 Å². The molecule has 0 aromatic rings. The first-order valence-electron chi connectivity index (χ1n) is 33.4. The highest BCUT2D eigenvalue weighted by atomic mass is 16.6. The fourth-order valence-electron chi connectivity index (χ4n) is 9.66. The van der Waals surface area contributed by atoms with Gasteiger partial charge in [0.2, 0.25) is 0 Å². The molecule has 0 aliphatic carbocycles. The number of carbonyl (C=O) groups is 3. The summed E-state index contributed by atoms with van der Waals surface area (Å²) in [5.74, 6) is -0.873. The van der Waals surface area contributed by atoms with Crippen molar-refractivity contribution in [3.8, 4) is 0 Å². The van der Waals surface area contributed by atoms with E-state index in [-0.39, 0.29) is 31.1 Å². The summed E-state index contributed by atoms with van der Waals surface area (Å²) in [6, 6.07) is 0. The number of hydrogen-bond acceptors (Lipinski definition) is 6. The van der Waals surface area contributed by atoms with Crippen molar-refractivity contribution in [2.24, 2.45) is 0 Å². The number of unbranched alkanes of at least 4 members (excludes halogenated alkanes) is 38. The van der Waals surface area contributed by atoms with Crippen LogP contribution in [0.2, 0.25) is 0 Å². The average Bonchev–Trinajstić information content (AvgIpc) is 3.43. The molecule has 0 N–H and O–H groups in total. The third kappa shape index (κ3) is 63.6. The van der Waals surface area contributed by atoms with Crippen LogP contribution in [0, 0.1) is 0 Å². The van der Waals surface area contributed by atoms with Crippen LogP contribution < -0.4 is 0 Å². The zero-order chi connectivity index (χ0) is 55.7. The number of rotatable bonds is 61. The second-order valence-electron chi connectivity index (χ2n) is 22.3. The highest BCUT2D eigenvalue weighted by molar-refractivity contribution is 5.71. The molecule has 0 aromatic heterocycles. The van der Waals surface area contributed by atoms with Crippen molar-refractivity contribution in [3.05, 3.63) is 72.9 Å². The van der Waals surface area contributed by atoms with E-state index in [0.717, 1.165) is 89.9 Å². The fourth-order valence-corrected chi connectivity index (χ4v) is 9.66. The van der Waals surface area contributed by atoms with E-state index >= 15 is 0 Å². The normalized spacial score (nSPS) is 12.5. The summed E-state index contributed by atoms with van der Waals surface area (Å²) >= 11 is 0. The molecular weight excluding hydrogens is 949 g/mol. The van der Waals surface area contributed by atoms with Gasteiger partial charge >= 0.3 is 17.9 Å². The summed E-state index contributed by atoms with van der Waals surface area (Å²) in [5, 5.41) is 0. The van der Waals surface area contributed by atoms with Gasteiger partial charge in [-0.05, 0) is 109 Å². The Morgan fingerprint density at radius 3 is 0.831 bits per heavy atom. The Morgan fingerprint density at radius 2 is 0.506 bits per heavy atom. The van der Waals surface area contributed by atoms with Gasteiger partial charge in [-0.2, -0.15) is 0 Å². The minimum absolute atomic E-state index is 0.0764. The zero-order valence-electron chi connectivity index (χ0n) is 51.2. The van der Waals surface area contributed by atoms with E-state index in [0.29, 0.717) is 19.3 Å². The molecule has 0 rings (SSSR count). The van der Waals surface area contributed by atoms with Gasteiger partial charge in [0.05, 0.1) is 0 Å². The smallest absolute Gasteiger partial charge is 0.306 e. The molecule has 0 bridgehead atoms. The van der Waals surface area contributed by atoms with E-state index in [9.17, 15) is 14.4 Å². The molecule has 0 saturated heterocycles. The molecule has 6 heteroatoms. The maximum absolute atomic E-state index is 12.9. The number of allylic oxidation sites excluding steroid dienone is 12. The van der Waals surface area contributed by atoms with Gasteiger partial charge in [-0.3, -0.25) is 14.4 Å². The SMILES string of the molecule is CC/C=C\C/C=C\C/C=C\C/C=C\CCCCCCCCCCCCCCCCCCC(=O)OCC(COC(=O)CCCCCCC/C=C\CCCCC)OC(=O)CCCCCCCCC/C=C\CCCCCCCCC. The van der Waals surface area contributed by atoms with Crippen molar-refractivity contribution in [3.63, 3.8) is 0 Å². The lowest BCUT2D eigenvalue weighted by molar-refractivity contribution is -0.167. The van der Waals surface area contributed by atoms with Crippen molar-refractivity contribution in [2.45, 2.75) is 348 Å². The molecule has 77 heavy (non-hydrogen) atoms. The van der Waals surface area contributed by atoms with Crippen molar-refractivity contribution in [1.82, 2.24) is 0 Å². The molecule has 1 unspecified atom stereocenters. The fraction of sp³-hybridized carbons (Fsp3) is 0.789. The second-order valence-corrected chi connectivity index (χ2v) is 22.3. The summed E-state index contributed by atoms with van der Waals surface area (Å²) in [4.78, 5) is 38.3. The van der Waals surface area contributed by atoms with Crippen LogP contribution in [-0.2, 0) is 28.6 Å². The van der Waals surface area contributed by atoms with Crippen LogP contribution in [0.15, 0.2) is 72.9 Å². The van der Waals surface area contributed by atoms with E-state index in [1.807, 2.05) is 0 Å². The lowest BCUT2D eigenvalue weighted by Crippen LogP contribution is -2.30. The molecule has 0 spiro atoms. The van der Waals surface area contributed by atoms with Crippen LogP contribution in [-0.4, -0.2) is 37.2 Å². The molecule has 446 valence electrons. The molecule has 0 amide bonds. The van der Waals surface area contributed by atoms with Crippen LogP contribution in [0.4, 0.5) is 0 Å². The Morgan fingerprint density at radius 1 is 0.273 bits per heavy atom. The maximum Gasteiger partial charge on any atom is 0.306 e. The van der Waals surface area contributed by atoms with E-state index in [4.69, 9.17) is 14.2 Å². The van der Waals surface area contributed by atoms with Crippen LogP contribution in [0.5, 0.6) is 0 Å². The summed E-state index contributed by atoms with van der Waals surface area (Å²) in [5.41, 5.74) is 0. The monoisotopic (exact) mass is 1070 g/mol. The maximum atomic E-state index is 12.9. The van der Waals surface area contributed by atoms with Gasteiger partial charge in [0, 0.05) is 19.3 Å². The number of carbonyl (C=O) groups excluding carboxylic acids is 3. The lowest BCUT2D eigenvalue weighted by atomic mass is 10.0. The Balaban J connectivity index is 4.20. The first kappa shape index (κ1) is 73.8. The molecule has 0 aromatic carbocycles. The third-order valence-corrected chi connectivity index (χ3v) is 14.7. The van der Waals surface area contributed by atoms with Crippen LogP contribution in [0.3, 0.4) is 0 Å². The third-order valence-electron chi connectivity index (χ3n) is 14.7. The number of hydrogen-bond donors (Lipinski definition) is 0. The summed E-state index contributed by atoms with van der Waals surface area (Å²) in [6.45, 7) is 6.53. The molecule has 6 nitrogen and oxygen atoms in total. The highest BCUT2D eigenvalue weighted by Crippen LogP contribution is 2.17. The minimum Gasteiger partial charge on any atom is -0.462 e.